The maximum Gasteiger partial charge on any atom is 0.0534 e. The topological polar surface area (TPSA) is 24.3 Å². The van der Waals surface area contributed by atoms with Crippen LogP contribution in [0.5, 0.6) is 0 Å². The van der Waals surface area contributed by atoms with Crippen LogP contribution in [-0.2, 0) is 25.9 Å². The van der Waals surface area contributed by atoms with Crippen LogP contribution in [-0.4, -0.2) is 51.3 Å². The monoisotopic (exact) mass is 350 g/mol. The molecule has 3 fully saturated rings. The Hall–Kier alpha value is -1.65. The van der Waals surface area contributed by atoms with Gasteiger partial charge in [-0.3, -0.25) is 14.5 Å². The van der Waals surface area contributed by atoms with Crippen molar-refractivity contribution in [3.8, 4) is 0 Å². The first kappa shape index (κ1) is 16.5. The highest BCUT2D eigenvalue weighted by atomic mass is 15.3. The van der Waals surface area contributed by atoms with Crippen molar-refractivity contribution in [1.82, 2.24) is 19.6 Å². The van der Waals surface area contributed by atoms with Gasteiger partial charge in [0, 0.05) is 56.6 Å². The van der Waals surface area contributed by atoms with Gasteiger partial charge in [0.1, 0.15) is 0 Å². The molecule has 1 aliphatic carbocycles. The standard InChI is InChI=1S/C22H30N4/c1-2-26-15-18(11-23-26)14-24-12-17-7-8-21(24)16-25(13-17)22-9-19-5-3-4-6-20(19)10-22/h3-6,11,15,17,21-22H,2,7-10,12-14,16H2,1H3/t17-,21-/m0/s1. The summed E-state index contributed by atoms with van der Waals surface area (Å²) in [4.78, 5) is 5.57. The van der Waals surface area contributed by atoms with Gasteiger partial charge in [0.2, 0.25) is 0 Å². The van der Waals surface area contributed by atoms with E-state index in [4.69, 9.17) is 0 Å². The van der Waals surface area contributed by atoms with Crippen molar-refractivity contribution < 1.29 is 0 Å². The zero-order chi connectivity index (χ0) is 17.5. The number of aryl methyl sites for hydroxylation is 1. The van der Waals surface area contributed by atoms with Gasteiger partial charge in [-0.15, -0.1) is 0 Å². The van der Waals surface area contributed by atoms with E-state index >= 15 is 0 Å². The van der Waals surface area contributed by atoms with Crippen LogP contribution in [0.2, 0.25) is 0 Å². The lowest BCUT2D eigenvalue weighted by atomic mass is 9.95. The normalized spacial score (nSPS) is 27.0. The number of piperidine rings is 1. The van der Waals surface area contributed by atoms with Crippen molar-refractivity contribution in [1.29, 1.82) is 0 Å². The van der Waals surface area contributed by atoms with Crippen molar-refractivity contribution in [3.63, 3.8) is 0 Å². The Morgan fingerprint density at radius 3 is 2.54 bits per heavy atom. The number of benzene rings is 1. The van der Waals surface area contributed by atoms with Gasteiger partial charge in [-0.2, -0.15) is 5.10 Å². The van der Waals surface area contributed by atoms with Gasteiger partial charge in [0.05, 0.1) is 6.20 Å². The van der Waals surface area contributed by atoms with Crippen LogP contribution in [0, 0.1) is 5.92 Å². The summed E-state index contributed by atoms with van der Waals surface area (Å²) in [5.74, 6) is 0.832. The molecule has 0 N–H and O–H groups in total. The summed E-state index contributed by atoms with van der Waals surface area (Å²) in [6.45, 7) is 7.99. The summed E-state index contributed by atoms with van der Waals surface area (Å²) in [5.41, 5.74) is 4.54. The van der Waals surface area contributed by atoms with Crippen LogP contribution in [0.15, 0.2) is 36.7 Å². The summed E-state index contributed by atoms with van der Waals surface area (Å²) in [6.07, 6.45) is 9.56. The minimum atomic E-state index is 0.711. The van der Waals surface area contributed by atoms with Crippen molar-refractivity contribution >= 4 is 0 Å². The second-order valence-corrected chi connectivity index (χ2v) is 8.52. The Bertz CT molecular complexity index is 742. The van der Waals surface area contributed by atoms with Gasteiger partial charge in [-0.25, -0.2) is 0 Å². The van der Waals surface area contributed by atoms with Crippen LogP contribution in [0.3, 0.4) is 0 Å². The maximum absolute atomic E-state index is 4.47. The summed E-state index contributed by atoms with van der Waals surface area (Å²) >= 11 is 0. The van der Waals surface area contributed by atoms with E-state index in [1.165, 1.54) is 50.9 Å². The number of aromatic nitrogens is 2. The molecule has 0 spiro atoms. The summed E-state index contributed by atoms with van der Waals surface area (Å²) in [5, 5.41) is 4.47. The summed E-state index contributed by atoms with van der Waals surface area (Å²) in [7, 11) is 0. The van der Waals surface area contributed by atoms with Gasteiger partial charge in [0.15, 0.2) is 0 Å². The molecule has 26 heavy (non-hydrogen) atoms. The SMILES string of the molecule is CCn1cc(CN2C[C@@H]3CC[C@H]2CN(C2Cc4ccccc4C2)C3)cn1. The zero-order valence-corrected chi connectivity index (χ0v) is 15.8. The molecule has 0 amide bonds. The average Bonchev–Trinajstić information content (AvgIpc) is 3.20. The van der Waals surface area contributed by atoms with Crippen LogP contribution in [0.1, 0.15) is 36.5 Å². The molecule has 0 unspecified atom stereocenters. The third-order valence-electron chi connectivity index (χ3n) is 6.80. The van der Waals surface area contributed by atoms with Gasteiger partial charge in [-0.1, -0.05) is 24.3 Å². The molecule has 2 atom stereocenters. The van der Waals surface area contributed by atoms with E-state index < -0.39 is 0 Å². The molecule has 4 heterocycles. The molecule has 0 saturated carbocycles. The molecule has 4 nitrogen and oxygen atoms in total. The largest absolute Gasteiger partial charge is 0.298 e. The fraction of sp³-hybridized carbons (Fsp3) is 0.591. The van der Waals surface area contributed by atoms with E-state index in [9.17, 15) is 0 Å². The number of fused-ring (bicyclic) bond motifs is 5. The zero-order valence-electron chi connectivity index (χ0n) is 15.8. The second kappa shape index (κ2) is 6.82. The van der Waals surface area contributed by atoms with Crippen LogP contribution >= 0.6 is 0 Å². The van der Waals surface area contributed by atoms with Crippen molar-refractivity contribution in [2.45, 2.75) is 57.8 Å². The number of hydrogen-bond acceptors (Lipinski definition) is 3. The highest BCUT2D eigenvalue weighted by molar-refractivity contribution is 5.33. The van der Waals surface area contributed by atoms with E-state index in [0.717, 1.165) is 25.0 Å². The number of rotatable bonds is 4. The Morgan fingerprint density at radius 1 is 1.00 bits per heavy atom. The van der Waals surface area contributed by atoms with Gasteiger partial charge in [0.25, 0.3) is 0 Å². The van der Waals surface area contributed by atoms with E-state index in [1.807, 2.05) is 4.68 Å². The second-order valence-electron chi connectivity index (χ2n) is 8.52. The Balaban J connectivity index is 1.28. The van der Waals surface area contributed by atoms with Crippen molar-refractivity contribution in [3.05, 3.63) is 53.3 Å². The molecule has 3 saturated heterocycles. The fourth-order valence-electron chi connectivity index (χ4n) is 5.40. The van der Waals surface area contributed by atoms with E-state index in [-0.39, 0.29) is 0 Å². The average molecular weight is 351 g/mol. The molecular formula is C22H30N4. The first-order chi connectivity index (χ1) is 12.8. The molecule has 1 aromatic heterocycles. The van der Waals surface area contributed by atoms with Crippen LogP contribution in [0.4, 0.5) is 0 Å². The molecule has 2 aromatic rings. The minimum Gasteiger partial charge on any atom is -0.298 e. The van der Waals surface area contributed by atoms with Crippen molar-refractivity contribution in [2.24, 2.45) is 5.92 Å². The maximum atomic E-state index is 4.47. The van der Waals surface area contributed by atoms with Crippen LogP contribution in [0.25, 0.3) is 0 Å². The third-order valence-corrected chi connectivity index (χ3v) is 6.80. The first-order valence-electron chi connectivity index (χ1n) is 10.3. The minimum absolute atomic E-state index is 0.711. The smallest absolute Gasteiger partial charge is 0.0534 e. The van der Waals surface area contributed by atoms with Crippen molar-refractivity contribution in [2.75, 3.05) is 19.6 Å². The first-order valence-corrected chi connectivity index (χ1v) is 10.3. The lowest BCUT2D eigenvalue weighted by Gasteiger charge is -2.36. The molecule has 138 valence electrons. The van der Waals surface area contributed by atoms with E-state index in [2.05, 4.69) is 58.5 Å². The highest BCUT2D eigenvalue weighted by Crippen LogP contribution is 2.33. The Morgan fingerprint density at radius 2 is 1.81 bits per heavy atom. The lowest BCUT2D eigenvalue weighted by molar-refractivity contribution is 0.120. The fourth-order valence-corrected chi connectivity index (χ4v) is 5.40. The lowest BCUT2D eigenvalue weighted by Crippen LogP contribution is -2.44. The molecular weight excluding hydrogens is 320 g/mol. The predicted molar refractivity (Wildman–Crippen MR) is 104 cm³/mol. The van der Waals surface area contributed by atoms with Crippen LogP contribution < -0.4 is 0 Å². The highest BCUT2D eigenvalue weighted by Gasteiger charge is 2.38. The Labute approximate surface area is 156 Å². The summed E-state index contributed by atoms with van der Waals surface area (Å²) < 4.78 is 2.05. The molecule has 0 radical (unpaired) electrons. The molecule has 6 rings (SSSR count). The predicted octanol–water partition coefficient (Wildman–Crippen LogP) is 2.97. The van der Waals surface area contributed by atoms with Gasteiger partial charge < -0.3 is 0 Å². The number of nitrogens with zero attached hydrogens (tertiary/aromatic N) is 4. The molecule has 2 bridgehead atoms. The van der Waals surface area contributed by atoms with Gasteiger partial charge >= 0.3 is 0 Å². The molecule has 3 aliphatic heterocycles. The number of hydrogen-bond donors (Lipinski definition) is 0. The van der Waals surface area contributed by atoms with E-state index in [0.29, 0.717) is 6.04 Å². The summed E-state index contributed by atoms with van der Waals surface area (Å²) in [6, 6.07) is 10.5. The molecule has 4 aliphatic rings. The molecule has 4 heteroatoms. The third kappa shape index (κ3) is 3.10. The van der Waals surface area contributed by atoms with Gasteiger partial charge in [-0.05, 0) is 49.7 Å². The van der Waals surface area contributed by atoms with E-state index in [1.54, 1.807) is 11.1 Å². The Kier molecular flexibility index (Phi) is 4.33. The molecule has 1 aromatic carbocycles. The quantitative estimate of drug-likeness (QED) is 0.847.